The first-order valence-corrected chi connectivity index (χ1v) is 8.57. The van der Waals surface area contributed by atoms with Crippen molar-refractivity contribution in [3.05, 3.63) is 12.7 Å². The van der Waals surface area contributed by atoms with Crippen molar-refractivity contribution in [2.75, 3.05) is 31.6 Å². The lowest BCUT2D eigenvalue weighted by Gasteiger charge is -2.10. The van der Waals surface area contributed by atoms with E-state index in [1.807, 2.05) is 13.8 Å². The number of aromatic nitrogens is 2. The van der Waals surface area contributed by atoms with Crippen LogP contribution in [-0.4, -0.2) is 47.7 Å². The van der Waals surface area contributed by atoms with Gasteiger partial charge in [0.15, 0.2) is 4.34 Å². The Morgan fingerprint density at radius 3 is 3.10 bits per heavy atom. The van der Waals surface area contributed by atoms with Gasteiger partial charge in [0.05, 0.1) is 5.25 Å². The molecular weight excluding hydrogens is 308 g/mol. The van der Waals surface area contributed by atoms with E-state index in [1.165, 1.54) is 23.1 Å². The van der Waals surface area contributed by atoms with Gasteiger partial charge in [-0.05, 0) is 20.3 Å². The van der Waals surface area contributed by atoms with Gasteiger partial charge in [-0.25, -0.2) is 0 Å². The predicted octanol–water partition coefficient (Wildman–Crippen LogP) is 2.16. The number of thioether (sulfide) groups is 1. The van der Waals surface area contributed by atoms with Crippen molar-refractivity contribution in [1.29, 1.82) is 0 Å². The fraction of sp³-hybridized carbons (Fsp3) is 0.615. The van der Waals surface area contributed by atoms with Gasteiger partial charge in [-0.2, -0.15) is 0 Å². The highest BCUT2D eigenvalue weighted by Gasteiger charge is 2.16. The van der Waals surface area contributed by atoms with E-state index < -0.39 is 0 Å². The molecule has 0 radical (unpaired) electrons. The fourth-order valence-corrected chi connectivity index (χ4v) is 3.29. The van der Waals surface area contributed by atoms with E-state index in [9.17, 15) is 4.79 Å². The van der Waals surface area contributed by atoms with E-state index in [0.29, 0.717) is 26.3 Å². The first-order chi connectivity index (χ1) is 10.2. The molecule has 0 aliphatic heterocycles. The van der Waals surface area contributed by atoms with Gasteiger partial charge >= 0.3 is 0 Å². The molecule has 1 amide bonds. The summed E-state index contributed by atoms with van der Waals surface area (Å²) in [4.78, 5) is 11.9. The molecule has 21 heavy (non-hydrogen) atoms. The van der Waals surface area contributed by atoms with E-state index in [2.05, 4.69) is 27.4 Å². The van der Waals surface area contributed by atoms with Crippen LogP contribution in [0.5, 0.6) is 0 Å². The van der Waals surface area contributed by atoms with Crippen molar-refractivity contribution in [3.63, 3.8) is 0 Å². The highest BCUT2D eigenvalue weighted by Crippen LogP contribution is 2.28. The Morgan fingerprint density at radius 1 is 1.57 bits per heavy atom. The molecule has 1 unspecified atom stereocenters. The Kier molecular flexibility index (Phi) is 9.04. The standard InChI is InChI=1S/C13H22N4O2S2/c1-4-7-15-12-16-17-13(21-12)20-10(3)11(18)14-8-6-9-19-5-2/h4,10H,1,5-9H2,2-3H3,(H,14,18)(H,15,16). The van der Waals surface area contributed by atoms with Crippen molar-refractivity contribution in [2.24, 2.45) is 0 Å². The van der Waals surface area contributed by atoms with Crippen LogP contribution in [-0.2, 0) is 9.53 Å². The molecule has 2 N–H and O–H groups in total. The summed E-state index contributed by atoms with van der Waals surface area (Å²) in [6.07, 6.45) is 2.58. The van der Waals surface area contributed by atoms with Crippen LogP contribution in [0, 0.1) is 0 Å². The van der Waals surface area contributed by atoms with Crippen LogP contribution in [0.15, 0.2) is 17.0 Å². The van der Waals surface area contributed by atoms with Crippen LogP contribution in [0.25, 0.3) is 0 Å². The Labute approximate surface area is 133 Å². The number of carbonyl (C=O) groups is 1. The molecule has 0 aliphatic rings. The predicted molar refractivity (Wildman–Crippen MR) is 88.0 cm³/mol. The molecule has 0 saturated carbocycles. The van der Waals surface area contributed by atoms with Crippen molar-refractivity contribution in [3.8, 4) is 0 Å². The van der Waals surface area contributed by atoms with Gasteiger partial charge in [-0.1, -0.05) is 29.2 Å². The van der Waals surface area contributed by atoms with Crippen LogP contribution < -0.4 is 10.6 Å². The largest absolute Gasteiger partial charge is 0.382 e. The van der Waals surface area contributed by atoms with Gasteiger partial charge in [0.1, 0.15) is 0 Å². The van der Waals surface area contributed by atoms with Gasteiger partial charge in [-0.3, -0.25) is 4.79 Å². The first-order valence-electron chi connectivity index (χ1n) is 6.87. The molecular formula is C13H22N4O2S2. The van der Waals surface area contributed by atoms with Crippen molar-refractivity contribution in [2.45, 2.75) is 29.9 Å². The molecule has 1 rings (SSSR count). The summed E-state index contributed by atoms with van der Waals surface area (Å²) in [7, 11) is 0. The maximum absolute atomic E-state index is 11.9. The smallest absolute Gasteiger partial charge is 0.233 e. The van der Waals surface area contributed by atoms with Gasteiger partial charge in [-0.15, -0.1) is 16.8 Å². The zero-order valence-corrected chi connectivity index (χ0v) is 14.1. The minimum absolute atomic E-state index is 0.00676. The molecule has 0 aliphatic carbocycles. The zero-order chi connectivity index (χ0) is 15.5. The summed E-state index contributed by atoms with van der Waals surface area (Å²) in [5.41, 5.74) is 0. The quantitative estimate of drug-likeness (QED) is 0.368. The lowest BCUT2D eigenvalue weighted by atomic mass is 10.4. The molecule has 0 spiro atoms. The average molecular weight is 330 g/mol. The van der Waals surface area contributed by atoms with E-state index in [-0.39, 0.29) is 11.2 Å². The number of hydrogen-bond donors (Lipinski definition) is 2. The third-order valence-corrected chi connectivity index (χ3v) is 4.48. The van der Waals surface area contributed by atoms with Crippen molar-refractivity contribution < 1.29 is 9.53 Å². The highest BCUT2D eigenvalue weighted by atomic mass is 32.2. The van der Waals surface area contributed by atoms with Crippen LogP contribution in [0.1, 0.15) is 20.3 Å². The third kappa shape index (κ3) is 7.45. The molecule has 1 atom stereocenters. The van der Waals surface area contributed by atoms with Crippen LogP contribution in [0.4, 0.5) is 5.13 Å². The first kappa shape index (κ1) is 17.9. The molecule has 1 heterocycles. The Morgan fingerprint density at radius 2 is 2.38 bits per heavy atom. The van der Waals surface area contributed by atoms with Crippen LogP contribution in [0.3, 0.4) is 0 Å². The molecule has 0 fully saturated rings. The molecule has 1 aromatic rings. The number of hydrogen-bond acceptors (Lipinski definition) is 7. The molecule has 0 aromatic carbocycles. The van der Waals surface area contributed by atoms with E-state index >= 15 is 0 Å². The van der Waals surface area contributed by atoms with E-state index in [0.717, 1.165) is 15.9 Å². The summed E-state index contributed by atoms with van der Waals surface area (Å²) < 4.78 is 6.00. The number of nitrogens with one attached hydrogen (secondary N) is 2. The molecule has 6 nitrogen and oxygen atoms in total. The lowest BCUT2D eigenvalue weighted by Crippen LogP contribution is -2.32. The van der Waals surface area contributed by atoms with Crippen LogP contribution in [0.2, 0.25) is 0 Å². The topological polar surface area (TPSA) is 76.1 Å². The fourth-order valence-electron chi connectivity index (χ4n) is 1.37. The lowest BCUT2D eigenvalue weighted by molar-refractivity contribution is -0.120. The molecule has 118 valence electrons. The van der Waals surface area contributed by atoms with Gasteiger partial charge in [0.2, 0.25) is 11.0 Å². The molecule has 0 saturated heterocycles. The zero-order valence-electron chi connectivity index (χ0n) is 12.4. The maximum Gasteiger partial charge on any atom is 0.233 e. The van der Waals surface area contributed by atoms with Crippen molar-refractivity contribution >= 4 is 34.1 Å². The monoisotopic (exact) mass is 330 g/mol. The molecule has 0 bridgehead atoms. The number of carbonyl (C=O) groups excluding carboxylic acids is 1. The number of nitrogens with zero attached hydrogens (tertiary/aromatic N) is 2. The number of ether oxygens (including phenoxy) is 1. The minimum Gasteiger partial charge on any atom is -0.382 e. The molecule has 1 aromatic heterocycles. The Bertz CT molecular complexity index is 440. The summed E-state index contributed by atoms with van der Waals surface area (Å²) in [5, 5.41) is 14.6. The number of rotatable bonds is 11. The highest BCUT2D eigenvalue weighted by molar-refractivity contribution is 8.02. The Hall–Kier alpha value is -1.12. The third-order valence-electron chi connectivity index (χ3n) is 2.42. The van der Waals surface area contributed by atoms with Crippen molar-refractivity contribution in [1.82, 2.24) is 15.5 Å². The number of anilines is 1. The second kappa shape index (κ2) is 10.6. The van der Waals surface area contributed by atoms with Gasteiger partial charge in [0, 0.05) is 26.3 Å². The van der Waals surface area contributed by atoms with Gasteiger partial charge < -0.3 is 15.4 Å². The normalized spacial score (nSPS) is 11.9. The minimum atomic E-state index is -0.197. The average Bonchev–Trinajstić information content (AvgIpc) is 2.92. The summed E-state index contributed by atoms with van der Waals surface area (Å²) in [6, 6.07) is 0. The number of amides is 1. The SMILES string of the molecule is C=CCNc1nnc(SC(C)C(=O)NCCCOCC)s1. The molecule has 8 heteroatoms. The van der Waals surface area contributed by atoms with Gasteiger partial charge in [0.25, 0.3) is 0 Å². The second-order valence-corrected chi connectivity index (χ2v) is 6.71. The second-order valence-electron chi connectivity index (χ2n) is 4.14. The van der Waals surface area contributed by atoms with Crippen LogP contribution >= 0.6 is 23.1 Å². The summed E-state index contributed by atoms with van der Waals surface area (Å²) >= 11 is 2.85. The summed E-state index contributed by atoms with van der Waals surface area (Å²) in [6.45, 7) is 10.1. The Balaban J connectivity index is 2.27. The summed E-state index contributed by atoms with van der Waals surface area (Å²) in [5.74, 6) is 0.00676. The maximum atomic E-state index is 11.9. The van der Waals surface area contributed by atoms with E-state index in [1.54, 1.807) is 6.08 Å². The van der Waals surface area contributed by atoms with E-state index in [4.69, 9.17) is 4.74 Å².